The predicted octanol–water partition coefficient (Wildman–Crippen LogP) is 2.53. The summed E-state index contributed by atoms with van der Waals surface area (Å²) >= 11 is 0. The lowest BCUT2D eigenvalue weighted by Gasteiger charge is -2.03. The van der Waals surface area contributed by atoms with Gasteiger partial charge in [0.2, 0.25) is 0 Å². The molecule has 0 amide bonds. The van der Waals surface area contributed by atoms with E-state index in [1.807, 2.05) is 25.1 Å². The van der Waals surface area contributed by atoms with Gasteiger partial charge in [-0.2, -0.15) is 0 Å². The fraction of sp³-hybridized carbons (Fsp3) is 0.308. The summed E-state index contributed by atoms with van der Waals surface area (Å²) in [6.07, 6.45) is 3.19. The van der Waals surface area contributed by atoms with E-state index in [1.54, 1.807) is 13.0 Å². The first-order valence-electron chi connectivity index (χ1n) is 5.36. The first-order chi connectivity index (χ1) is 7.72. The van der Waals surface area contributed by atoms with E-state index in [2.05, 4.69) is 11.4 Å². The van der Waals surface area contributed by atoms with Crippen molar-refractivity contribution in [3.05, 3.63) is 42.0 Å². The van der Waals surface area contributed by atoms with Crippen molar-refractivity contribution in [3.8, 4) is 0 Å². The van der Waals surface area contributed by atoms with E-state index in [0.717, 1.165) is 5.69 Å². The Morgan fingerprint density at radius 1 is 1.50 bits per heavy atom. The van der Waals surface area contributed by atoms with Gasteiger partial charge in [0, 0.05) is 18.3 Å². The Morgan fingerprint density at radius 3 is 3.00 bits per heavy atom. The predicted molar refractivity (Wildman–Crippen MR) is 65.4 cm³/mol. The molecule has 0 fully saturated rings. The molecule has 3 nitrogen and oxygen atoms in total. The number of benzene rings is 1. The summed E-state index contributed by atoms with van der Waals surface area (Å²) < 4.78 is 4.76. The summed E-state index contributed by atoms with van der Waals surface area (Å²) in [5, 5.41) is 3.19. The molecule has 1 rings (SSSR count). The highest BCUT2D eigenvalue weighted by Gasteiger charge is 1.92. The summed E-state index contributed by atoms with van der Waals surface area (Å²) in [5.41, 5.74) is 2.26. The Balaban J connectivity index is 2.33. The van der Waals surface area contributed by atoms with Gasteiger partial charge in [-0.25, -0.2) is 4.79 Å². The standard InChI is InChI=1S/C13H17NO2/c1-3-16-13(15)8-5-9-14-12-7-4-6-11(2)10-12/h4-8,10,14H,3,9H2,1-2H3. The van der Waals surface area contributed by atoms with Crippen molar-refractivity contribution in [2.75, 3.05) is 18.5 Å². The van der Waals surface area contributed by atoms with Crippen LogP contribution in [-0.4, -0.2) is 19.1 Å². The summed E-state index contributed by atoms with van der Waals surface area (Å²) in [5.74, 6) is -0.298. The molecule has 1 aromatic rings. The van der Waals surface area contributed by atoms with Crippen molar-refractivity contribution in [1.82, 2.24) is 0 Å². The Morgan fingerprint density at radius 2 is 2.31 bits per heavy atom. The minimum absolute atomic E-state index is 0.298. The number of hydrogen-bond acceptors (Lipinski definition) is 3. The van der Waals surface area contributed by atoms with Crippen LogP contribution in [-0.2, 0) is 9.53 Å². The molecule has 0 saturated heterocycles. The summed E-state index contributed by atoms with van der Waals surface area (Å²) in [7, 11) is 0. The van der Waals surface area contributed by atoms with Crippen LogP contribution in [0.15, 0.2) is 36.4 Å². The van der Waals surface area contributed by atoms with E-state index < -0.39 is 0 Å². The van der Waals surface area contributed by atoms with Crippen LogP contribution < -0.4 is 5.32 Å². The maximum atomic E-state index is 11.0. The summed E-state index contributed by atoms with van der Waals surface area (Å²) in [6, 6.07) is 8.08. The molecule has 0 radical (unpaired) electrons. The minimum Gasteiger partial charge on any atom is -0.463 e. The van der Waals surface area contributed by atoms with Crippen LogP contribution in [0.2, 0.25) is 0 Å². The van der Waals surface area contributed by atoms with E-state index in [4.69, 9.17) is 4.74 Å². The Labute approximate surface area is 96.1 Å². The van der Waals surface area contributed by atoms with Gasteiger partial charge >= 0.3 is 5.97 Å². The number of ether oxygens (including phenoxy) is 1. The van der Waals surface area contributed by atoms with E-state index in [0.29, 0.717) is 13.2 Å². The second-order valence-electron chi connectivity index (χ2n) is 3.40. The second kappa shape index (κ2) is 6.67. The molecule has 86 valence electrons. The van der Waals surface area contributed by atoms with Gasteiger partial charge < -0.3 is 10.1 Å². The van der Waals surface area contributed by atoms with Crippen molar-refractivity contribution in [2.45, 2.75) is 13.8 Å². The van der Waals surface area contributed by atoms with Gasteiger partial charge in [-0.3, -0.25) is 0 Å². The molecule has 0 unspecified atom stereocenters. The highest BCUT2D eigenvalue weighted by atomic mass is 16.5. The van der Waals surface area contributed by atoms with Crippen LogP contribution in [0.5, 0.6) is 0 Å². The number of carbonyl (C=O) groups excluding carboxylic acids is 1. The highest BCUT2D eigenvalue weighted by Crippen LogP contribution is 2.08. The van der Waals surface area contributed by atoms with Gasteiger partial charge in [0.05, 0.1) is 6.61 Å². The quantitative estimate of drug-likeness (QED) is 0.611. The smallest absolute Gasteiger partial charge is 0.330 e. The molecule has 0 atom stereocenters. The number of anilines is 1. The van der Waals surface area contributed by atoms with E-state index in [1.165, 1.54) is 11.6 Å². The molecule has 1 N–H and O–H groups in total. The molecular weight excluding hydrogens is 202 g/mol. The normalized spacial score (nSPS) is 10.4. The van der Waals surface area contributed by atoms with Crippen LogP contribution in [0.1, 0.15) is 12.5 Å². The largest absolute Gasteiger partial charge is 0.463 e. The lowest BCUT2D eigenvalue weighted by atomic mass is 10.2. The molecular formula is C13H17NO2. The van der Waals surface area contributed by atoms with Gasteiger partial charge in [-0.1, -0.05) is 18.2 Å². The number of nitrogens with one attached hydrogen (secondary N) is 1. The molecule has 0 spiro atoms. The number of rotatable bonds is 5. The molecule has 0 bridgehead atoms. The molecule has 0 aliphatic heterocycles. The Kier molecular flexibility index (Phi) is 5.12. The first-order valence-corrected chi connectivity index (χ1v) is 5.36. The number of aryl methyl sites for hydroxylation is 1. The van der Waals surface area contributed by atoms with E-state index >= 15 is 0 Å². The van der Waals surface area contributed by atoms with Crippen LogP contribution in [0.4, 0.5) is 5.69 Å². The van der Waals surface area contributed by atoms with Crippen LogP contribution in [0.3, 0.4) is 0 Å². The van der Waals surface area contributed by atoms with Crippen molar-refractivity contribution < 1.29 is 9.53 Å². The summed E-state index contributed by atoms with van der Waals surface area (Å²) in [6.45, 7) is 4.85. The van der Waals surface area contributed by atoms with Crippen molar-refractivity contribution in [3.63, 3.8) is 0 Å². The van der Waals surface area contributed by atoms with Gasteiger partial charge in [-0.05, 0) is 31.5 Å². The lowest BCUT2D eigenvalue weighted by Crippen LogP contribution is -2.02. The molecule has 0 aliphatic carbocycles. The fourth-order valence-corrected chi connectivity index (χ4v) is 1.28. The van der Waals surface area contributed by atoms with Crippen LogP contribution in [0.25, 0.3) is 0 Å². The monoisotopic (exact) mass is 219 g/mol. The zero-order chi connectivity index (χ0) is 11.8. The van der Waals surface area contributed by atoms with Crippen LogP contribution in [0, 0.1) is 6.92 Å². The minimum atomic E-state index is -0.298. The van der Waals surface area contributed by atoms with Gasteiger partial charge in [0.1, 0.15) is 0 Å². The molecule has 1 aromatic carbocycles. The van der Waals surface area contributed by atoms with Crippen LogP contribution >= 0.6 is 0 Å². The number of carbonyl (C=O) groups is 1. The van der Waals surface area contributed by atoms with Gasteiger partial charge in [0.15, 0.2) is 0 Å². The van der Waals surface area contributed by atoms with E-state index in [9.17, 15) is 4.79 Å². The summed E-state index contributed by atoms with van der Waals surface area (Å²) in [4.78, 5) is 11.0. The maximum absolute atomic E-state index is 11.0. The average Bonchev–Trinajstić information content (AvgIpc) is 2.25. The molecule has 0 heterocycles. The van der Waals surface area contributed by atoms with Crippen molar-refractivity contribution in [1.29, 1.82) is 0 Å². The van der Waals surface area contributed by atoms with Crippen molar-refractivity contribution in [2.24, 2.45) is 0 Å². The number of hydrogen-bond donors (Lipinski definition) is 1. The second-order valence-corrected chi connectivity index (χ2v) is 3.40. The third-order valence-electron chi connectivity index (χ3n) is 1.98. The lowest BCUT2D eigenvalue weighted by molar-refractivity contribution is -0.137. The third kappa shape index (κ3) is 4.64. The zero-order valence-electron chi connectivity index (χ0n) is 9.69. The Bertz CT molecular complexity index is 372. The van der Waals surface area contributed by atoms with Crippen molar-refractivity contribution >= 4 is 11.7 Å². The third-order valence-corrected chi connectivity index (χ3v) is 1.98. The molecule has 16 heavy (non-hydrogen) atoms. The maximum Gasteiger partial charge on any atom is 0.330 e. The highest BCUT2D eigenvalue weighted by molar-refractivity contribution is 5.81. The number of esters is 1. The SMILES string of the molecule is CCOC(=O)C=CCNc1cccc(C)c1. The first kappa shape index (κ1) is 12.3. The van der Waals surface area contributed by atoms with Gasteiger partial charge in [0.25, 0.3) is 0 Å². The zero-order valence-corrected chi connectivity index (χ0v) is 9.69. The molecule has 0 saturated carbocycles. The Hall–Kier alpha value is -1.77. The van der Waals surface area contributed by atoms with Gasteiger partial charge in [-0.15, -0.1) is 0 Å². The molecule has 0 aliphatic rings. The van der Waals surface area contributed by atoms with E-state index in [-0.39, 0.29) is 5.97 Å². The topological polar surface area (TPSA) is 38.3 Å². The molecule has 3 heteroatoms. The molecule has 0 aromatic heterocycles. The average molecular weight is 219 g/mol. The fourth-order valence-electron chi connectivity index (χ4n) is 1.28.